The van der Waals surface area contributed by atoms with Crippen molar-refractivity contribution in [2.24, 2.45) is 0 Å². The molecule has 0 aliphatic rings. The molecular formula is C15H13FO2S. The summed E-state index contributed by atoms with van der Waals surface area (Å²) < 4.78 is 18.4. The van der Waals surface area contributed by atoms with Crippen LogP contribution in [0.15, 0.2) is 47.4 Å². The number of ketones is 1. The van der Waals surface area contributed by atoms with Crippen LogP contribution in [0.4, 0.5) is 4.39 Å². The average Bonchev–Trinajstić information content (AvgIpc) is 2.46. The molecule has 2 rings (SSSR count). The van der Waals surface area contributed by atoms with Gasteiger partial charge in [0, 0.05) is 16.0 Å². The number of carbonyl (C=O) groups is 1. The van der Waals surface area contributed by atoms with Crippen LogP contribution in [-0.4, -0.2) is 19.1 Å². The van der Waals surface area contributed by atoms with E-state index in [9.17, 15) is 9.18 Å². The van der Waals surface area contributed by atoms with E-state index >= 15 is 0 Å². The molecule has 0 heterocycles. The molecule has 2 nitrogen and oxygen atoms in total. The van der Waals surface area contributed by atoms with E-state index in [1.165, 1.54) is 19.2 Å². The molecule has 0 amide bonds. The minimum atomic E-state index is -0.533. The molecule has 0 fully saturated rings. The highest BCUT2D eigenvalue weighted by Crippen LogP contribution is 2.21. The zero-order chi connectivity index (χ0) is 13.8. The van der Waals surface area contributed by atoms with Crippen molar-refractivity contribution in [2.75, 3.05) is 13.4 Å². The van der Waals surface area contributed by atoms with Crippen LogP contribution in [0.2, 0.25) is 0 Å². The normalized spacial score (nSPS) is 10.3. The summed E-state index contributed by atoms with van der Waals surface area (Å²) >= 11 is 1.60. The molecule has 98 valence electrons. The first-order valence-electron chi connectivity index (χ1n) is 5.68. The second-order valence-corrected chi connectivity index (χ2v) is 4.79. The van der Waals surface area contributed by atoms with Crippen molar-refractivity contribution < 1.29 is 13.9 Å². The van der Waals surface area contributed by atoms with Crippen LogP contribution in [0.3, 0.4) is 0 Å². The Morgan fingerprint density at radius 2 is 1.74 bits per heavy atom. The second-order valence-electron chi connectivity index (χ2n) is 3.91. The Labute approximate surface area is 115 Å². The summed E-state index contributed by atoms with van der Waals surface area (Å²) in [5.41, 5.74) is 0.859. The van der Waals surface area contributed by atoms with Crippen LogP contribution in [0.25, 0.3) is 0 Å². The summed E-state index contributed by atoms with van der Waals surface area (Å²) in [7, 11) is 1.39. The third-order valence-electron chi connectivity index (χ3n) is 2.77. The smallest absolute Gasteiger partial charge is 0.193 e. The molecule has 4 heteroatoms. The van der Waals surface area contributed by atoms with Crippen LogP contribution in [0, 0.1) is 5.82 Å². The minimum Gasteiger partial charge on any atom is -0.494 e. The molecule has 0 saturated carbocycles. The van der Waals surface area contributed by atoms with Crippen LogP contribution in [0.5, 0.6) is 5.75 Å². The molecule has 0 N–H and O–H groups in total. The zero-order valence-electron chi connectivity index (χ0n) is 10.6. The van der Waals surface area contributed by atoms with Gasteiger partial charge < -0.3 is 4.74 Å². The maximum Gasteiger partial charge on any atom is 0.193 e. The number of carbonyl (C=O) groups excluding carboxylic acids is 1. The molecule has 0 aromatic heterocycles. The van der Waals surface area contributed by atoms with Crippen molar-refractivity contribution in [2.45, 2.75) is 4.90 Å². The summed E-state index contributed by atoms with van der Waals surface area (Å²) in [6.07, 6.45) is 1.97. The van der Waals surface area contributed by atoms with Crippen molar-refractivity contribution in [3.05, 3.63) is 59.4 Å². The van der Waals surface area contributed by atoms with Gasteiger partial charge in [0.1, 0.15) is 0 Å². The number of hydrogen-bond acceptors (Lipinski definition) is 3. The van der Waals surface area contributed by atoms with Crippen LogP contribution in [0.1, 0.15) is 15.9 Å². The molecule has 19 heavy (non-hydrogen) atoms. The molecule has 0 saturated heterocycles. The molecular weight excluding hydrogens is 263 g/mol. The lowest BCUT2D eigenvalue weighted by Gasteiger charge is -2.05. The van der Waals surface area contributed by atoms with E-state index in [0.717, 1.165) is 4.90 Å². The molecule has 0 atom stereocenters. The fourth-order valence-corrected chi connectivity index (χ4v) is 2.12. The van der Waals surface area contributed by atoms with Crippen LogP contribution < -0.4 is 4.74 Å². The maximum atomic E-state index is 13.6. The van der Waals surface area contributed by atoms with Gasteiger partial charge in [0.25, 0.3) is 0 Å². The Morgan fingerprint density at radius 1 is 1.11 bits per heavy atom. The van der Waals surface area contributed by atoms with Crippen molar-refractivity contribution in [1.82, 2.24) is 0 Å². The summed E-state index contributed by atoms with van der Waals surface area (Å²) in [4.78, 5) is 13.3. The van der Waals surface area contributed by atoms with E-state index in [4.69, 9.17) is 4.74 Å². The predicted molar refractivity (Wildman–Crippen MR) is 74.6 cm³/mol. The standard InChI is InChI=1S/C15H13FO2S/c1-18-14-8-5-11(9-13(14)16)15(17)10-3-6-12(19-2)7-4-10/h3-9H,1-2H3. The Kier molecular flexibility index (Phi) is 4.22. The fourth-order valence-electron chi connectivity index (χ4n) is 1.72. The first-order chi connectivity index (χ1) is 9.15. The fraction of sp³-hybridized carbons (Fsp3) is 0.133. The van der Waals surface area contributed by atoms with Gasteiger partial charge in [-0.2, -0.15) is 0 Å². The lowest BCUT2D eigenvalue weighted by atomic mass is 10.0. The van der Waals surface area contributed by atoms with Gasteiger partial charge in [-0.25, -0.2) is 4.39 Å². The summed E-state index contributed by atoms with van der Waals surface area (Å²) in [5, 5.41) is 0. The zero-order valence-corrected chi connectivity index (χ0v) is 11.5. The van der Waals surface area contributed by atoms with Crippen LogP contribution >= 0.6 is 11.8 Å². The number of halogens is 1. The molecule has 0 unspecified atom stereocenters. The number of ether oxygens (including phenoxy) is 1. The number of hydrogen-bond donors (Lipinski definition) is 0. The molecule has 0 radical (unpaired) electrons. The highest BCUT2D eigenvalue weighted by molar-refractivity contribution is 7.98. The Morgan fingerprint density at radius 3 is 2.26 bits per heavy atom. The van der Waals surface area contributed by atoms with Gasteiger partial charge in [-0.1, -0.05) is 0 Å². The Hall–Kier alpha value is -1.81. The highest BCUT2D eigenvalue weighted by atomic mass is 32.2. The topological polar surface area (TPSA) is 26.3 Å². The summed E-state index contributed by atoms with van der Waals surface area (Å²) in [6.45, 7) is 0. The first kappa shape index (κ1) is 13.6. The van der Waals surface area contributed by atoms with Gasteiger partial charge in [-0.05, 0) is 48.7 Å². The predicted octanol–water partition coefficient (Wildman–Crippen LogP) is 3.79. The lowest BCUT2D eigenvalue weighted by Crippen LogP contribution is -2.02. The van der Waals surface area contributed by atoms with Crippen molar-refractivity contribution in [3.63, 3.8) is 0 Å². The lowest BCUT2D eigenvalue weighted by molar-refractivity contribution is 0.103. The minimum absolute atomic E-state index is 0.134. The largest absolute Gasteiger partial charge is 0.494 e. The van der Waals surface area contributed by atoms with Crippen molar-refractivity contribution in [1.29, 1.82) is 0 Å². The highest BCUT2D eigenvalue weighted by Gasteiger charge is 2.12. The van der Waals surface area contributed by atoms with Gasteiger partial charge >= 0.3 is 0 Å². The van der Waals surface area contributed by atoms with E-state index in [-0.39, 0.29) is 11.5 Å². The van der Waals surface area contributed by atoms with Crippen LogP contribution in [-0.2, 0) is 0 Å². The number of thioether (sulfide) groups is 1. The Balaban J connectivity index is 2.30. The Bertz CT molecular complexity index is 594. The number of rotatable bonds is 4. The third kappa shape index (κ3) is 2.96. The molecule has 0 spiro atoms. The molecule has 2 aromatic rings. The second kappa shape index (κ2) is 5.89. The van der Waals surface area contributed by atoms with E-state index in [2.05, 4.69) is 0 Å². The average molecular weight is 276 g/mol. The quantitative estimate of drug-likeness (QED) is 0.628. The van der Waals surface area contributed by atoms with E-state index in [0.29, 0.717) is 11.1 Å². The van der Waals surface area contributed by atoms with Gasteiger partial charge in [0.2, 0.25) is 0 Å². The van der Waals surface area contributed by atoms with Gasteiger partial charge in [0.05, 0.1) is 7.11 Å². The molecule has 0 aliphatic carbocycles. The van der Waals surface area contributed by atoms with Gasteiger partial charge in [-0.3, -0.25) is 4.79 Å². The van der Waals surface area contributed by atoms with E-state index in [1.807, 2.05) is 18.4 Å². The van der Waals surface area contributed by atoms with E-state index < -0.39 is 5.82 Å². The van der Waals surface area contributed by atoms with E-state index in [1.54, 1.807) is 30.0 Å². The molecule has 0 bridgehead atoms. The van der Waals surface area contributed by atoms with Gasteiger partial charge in [0.15, 0.2) is 17.3 Å². The van der Waals surface area contributed by atoms with Crippen molar-refractivity contribution >= 4 is 17.5 Å². The SMILES string of the molecule is COc1ccc(C(=O)c2ccc(SC)cc2)cc1F. The summed E-state index contributed by atoms with van der Waals surface area (Å²) in [5.74, 6) is -0.599. The number of benzene rings is 2. The maximum absolute atomic E-state index is 13.6. The summed E-state index contributed by atoms with van der Waals surface area (Å²) in [6, 6.07) is 11.5. The number of methoxy groups -OCH3 is 1. The third-order valence-corrected chi connectivity index (χ3v) is 3.51. The molecule has 0 aliphatic heterocycles. The first-order valence-corrected chi connectivity index (χ1v) is 6.90. The molecule has 2 aromatic carbocycles. The van der Waals surface area contributed by atoms with Gasteiger partial charge in [-0.15, -0.1) is 11.8 Å². The van der Waals surface area contributed by atoms with Crippen molar-refractivity contribution in [3.8, 4) is 5.75 Å². The monoisotopic (exact) mass is 276 g/mol.